The second-order valence-electron chi connectivity index (χ2n) is 4.35. The molecule has 0 aliphatic heterocycles. The number of nitro benzene ring substituents is 1. The number of nitrogens with two attached hydrogens (primary N) is 1. The van der Waals surface area contributed by atoms with Crippen LogP contribution in [0.4, 0.5) is 5.69 Å². The zero-order valence-corrected chi connectivity index (χ0v) is 11.8. The Bertz CT molecular complexity index is 477. The molecule has 0 bridgehead atoms. The van der Waals surface area contributed by atoms with Crippen LogP contribution in [0.5, 0.6) is 5.75 Å². The number of thiocarbonyl (C=S) groups is 1. The van der Waals surface area contributed by atoms with Gasteiger partial charge in [0.2, 0.25) is 0 Å². The Morgan fingerprint density at radius 2 is 2.21 bits per heavy atom. The first-order valence-corrected chi connectivity index (χ1v) is 6.14. The number of likely N-dealkylation sites (N-methyl/N-ethyl adjacent to an activating group) is 1. The molecule has 0 saturated carbocycles. The van der Waals surface area contributed by atoms with E-state index in [2.05, 4.69) is 0 Å². The van der Waals surface area contributed by atoms with Gasteiger partial charge in [0.25, 0.3) is 0 Å². The number of benzene rings is 1. The average molecular weight is 283 g/mol. The molecule has 0 saturated heterocycles. The van der Waals surface area contributed by atoms with Gasteiger partial charge in [-0.1, -0.05) is 18.3 Å². The lowest BCUT2D eigenvalue weighted by molar-refractivity contribution is -0.385. The molecule has 0 aliphatic carbocycles. The SMILES string of the molecule is CN(C)CCOc1ccc(CC(N)=S)cc1[N+](=O)[O-]. The molecule has 1 rings (SSSR count). The number of nitro groups is 1. The number of hydrogen-bond donors (Lipinski definition) is 1. The lowest BCUT2D eigenvalue weighted by atomic mass is 10.1. The van der Waals surface area contributed by atoms with E-state index < -0.39 is 4.92 Å². The van der Waals surface area contributed by atoms with Crippen molar-refractivity contribution in [1.29, 1.82) is 0 Å². The molecule has 0 unspecified atom stereocenters. The fourth-order valence-electron chi connectivity index (χ4n) is 1.48. The first kappa shape index (κ1) is 15.3. The molecule has 1 aromatic rings. The highest BCUT2D eigenvalue weighted by Gasteiger charge is 2.16. The predicted molar refractivity (Wildman–Crippen MR) is 77.6 cm³/mol. The van der Waals surface area contributed by atoms with Gasteiger partial charge in [-0.05, 0) is 25.7 Å². The van der Waals surface area contributed by atoms with Gasteiger partial charge in [0.05, 0.1) is 9.91 Å². The highest BCUT2D eigenvalue weighted by atomic mass is 32.1. The van der Waals surface area contributed by atoms with Crippen molar-refractivity contribution in [2.75, 3.05) is 27.2 Å². The van der Waals surface area contributed by atoms with E-state index in [-0.39, 0.29) is 11.4 Å². The molecular formula is C12H17N3O3S. The number of ether oxygens (including phenoxy) is 1. The van der Waals surface area contributed by atoms with E-state index in [1.807, 2.05) is 19.0 Å². The van der Waals surface area contributed by atoms with Crippen LogP contribution in [0, 0.1) is 10.1 Å². The van der Waals surface area contributed by atoms with Crippen molar-refractivity contribution in [3.63, 3.8) is 0 Å². The molecule has 0 fully saturated rings. The molecule has 0 radical (unpaired) electrons. The normalized spacial score (nSPS) is 10.5. The summed E-state index contributed by atoms with van der Waals surface area (Å²) in [5.74, 6) is 0.263. The minimum atomic E-state index is -0.464. The highest BCUT2D eigenvalue weighted by molar-refractivity contribution is 7.80. The zero-order chi connectivity index (χ0) is 14.4. The third kappa shape index (κ3) is 5.19. The Labute approximate surface area is 117 Å². The Hall–Kier alpha value is -1.73. The number of hydrogen-bond acceptors (Lipinski definition) is 5. The molecule has 104 valence electrons. The summed E-state index contributed by atoms with van der Waals surface area (Å²) < 4.78 is 5.42. The van der Waals surface area contributed by atoms with Crippen molar-refractivity contribution in [3.8, 4) is 5.75 Å². The minimum Gasteiger partial charge on any atom is -0.485 e. The van der Waals surface area contributed by atoms with Gasteiger partial charge in [0.1, 0.15) is 6.61 Å². The Balaban J connectivity index is 2.85. The van der Waals surface area contributed by atoms with Gasteiger partial charge in [0.15, 0.2) is 5.75 Å². The number of rotatable bonds is 7. The third-order valence-electron chi connectivity index (χ3n) is 2.39. The van der Waals surface area contributed by atoms with Gasteiger partial charge < -0.3 is 15.4 Å². The summed E-state index contributed by atoms with van der Waals surface area (Å²) in [6.07, 6.45) is 0.341. The Morgan fingerprint density at radius 1 is 1.53 bits per heavy atom. The molecule has 0 spiro atoms. The van der Waals surface area contributed by atoms with Gasteiger partial charge in [-0.3, -0.25) is 10.1 Å². The van der Waals surface area contributed by atoms with Crippen LogP contribution < -0.4 is 10.5 Å². The summed E-state index contributed by atoms with van der Waals surface area (Å²) in [4.78, 5) is 12.8. The summed E-state index contributed by atoms with van der Waals surface area (Å²) in [6.45, 7) is 1.08. The first-order valence-electron chi connectivity index (χ1n) is 5.73. The quantitative estimate of drug-likeness (QED) is 0.462. The summed E-state index contributed by atoms with van der Waals surface area (Å²) in [5, 5.41) is 11.0. The van der Waals surface area contributed by atoms with Crippen LogP contribution in [0.2, 0.25) is 0 Å². The van der Waals surface area contributed by atoms with Crippen molar-refractivity contribution in [2.45, 2.75) is 6.42 Å². The molecule has 1 aromatic carbocycles. The minimum absolute atomic E-state index is 0.0625. The van der Waals surface area contributed by atoms with Crippen LogP contribution in [0.25, 0.3) is 0 Å². The molecule has 2 N–H and O–H groups in total. The Kier molecular flexibility index (Phi) is 5.65. The van der Waals surface area contributed by atoms with Crippen LogP contribution in [0.3, 0.4) is 0 Å². The standard InChI is InChI=1S/C12H17N3O3S/c1-14(2)5-6-18-11-4-3-9(8-12(13)19)7-10(11)15(16)17/h3-4,7H,5-6,8H2,1-2H3,(H2,13,19). The molecule has 0 atom stereocenters. The molecular weight excluding hydrogens is 266 g/mol. The second kappa shape index (κ2) is 7.01. The molecule has 0 aromatic heterocycles. The smallest absolute Gasteiger partial charge is 0.311 e. The van der Waals surface area contributed by atoms with Gasteiger partial charge in [-0.25, -0.2) is 0 Å². The summed E-state index contributed by atoms with van der Waals surface area (Å²) in [7, 11) is 3.81. The average Bonchev–Trinajstić information content (AvgIpc) is 2.29. The van der Waals surface area contributed by atoms with Crippen molar-refractivity contribution in [1.82, 2.24) is 4.90 Å². The van der Waals surface area contributed by atoms with Crippen molar-refractivity contribution in [2.24, 2.45) is 5.73 Å². The molecule has 0 amide bonds. The molecule has 0 heterocycles. The molecule has 19 heavy (non-hydrogen) atoms. The van der Waals surface area contributed by atoms with Crippen LogP contribution in [0.15, 0.2) is 18.2 Å². The van der Waals surface area contributed by atoms with E-state index in [9.17, 15) is 10.1 Å². The maximum atomic E-state index is 11.0. The summed E-state index contributed by atoms with van der Waals surface area (Å²) in [5.41, 5.74) is 6.07. The van der Waals surface area contributed by atoms with E-state index in [4.69, 9.17) is 22.7 Å². The molecule has 6 nitrogen and oxygen atoms in total. The van der Waals surface area contributed by atoms with E-state index in [0.29, 0.717) is 30.1 Å². The van der Waals surface area contributed by atoms with E-state index >= 15 is 0 Å². The van der Waals surface area contributed by atoms with E-state index in [1.165, 1.54) is 6.07 Å². The Morgan fingerprint density at radius 3 is 2.74 bits per heavy atom. The van der Waals surface area contributed by atoms with Gasteiger partial charge in [-0.2, -0.15) is 0 Å². The maximum Gasteiger partial charge on any atom is 0.311 e. The summed E-state index contributed by atoms with van der Waals surface area (Å²) >= 11 is 4.79. The van der Waals surface area contributed by atoms with Crippen LogP contribution >= 0.6 is 12.2 Å². The fourth-order valence-corrected chi connectivity index (χ4v) is 1.64. The highest BCUT2D eigenvalue weighted by Crippen LogP contribution is 2.28. The monoisotopic (exact) mass is 283 g/mol. The van der Waals surface area contributed by atoms with E-state index in [0.717, 1.165) is 0 Å². The lowest BCUT2D eigenvalue weighted by Crippen LogP contribution is -2.19. The topological polar surface area (TPSA) is 81.6 Å². The van der Waals surface area contributed by atoms with E-state index in [1.54, 1.807) is 12.1 Å². The van der Waals surface area contributed by atoms with Gasteiger partial charge >= 0.3 is 5.69 Å². The van der Waals surface area contributed by atoms with Crippen molar-refractivity contribution < 1.29 is 9.66 Å². The number of nitrogens with zero attached hydrogens (tertiary/aromatic N) is 2. The van der Waals surface area contributed by atoms with Gasteiger partial charge in [0, 0.05) is 19.0 Å². The zero-order valence-electron chi connectivity index (χ0n) is 11.0. The molecule has 7 heteroatoms. The maximum absolute atomic E-state index is 11.0. The largest absolute Gasteiger partial charge is 0.485 e. The third-order valence-corrected chi connectivity index (χ3v) is 2.54. The van der Waals surface area contributed by atoms with Crippen LogP contribution in [-0.4, -0.2) is 42.1 Å². The fraction of sp³-hybridized carbons (Fsp3) is 0.417. The second-order valence-corrected chi connectivity index (χ2v) is 4.88. The van der Waals surface area contributed by atoms with Gasteiger partial charge in [-0.15, -0.1) is 0 Å². The van der Waals surface area contributed by atoms with Crippen LogP contribution in [0.1, 0.15) is 5.56 Å². The van der Waals surface area contributed by atoms with Crippen molar-refractivity contribution >= 4 is 22.9 Å². The molecule has 0 aliphatic rings. The van der Waals surface area contributed by atoms with Crippen molar-refractivity contribution in [3.05, 3.63) is 33.9 Å². The first-order chi connectivity index (χ1) is 8.90. The van der Waals surface area contributed by atoms with Crippen LogP contribution in [-0.2, 0) is 6.42 Å². The predicted octanol–water partition coefficient (Wildman–Crippen LogP) is 1.36. The lowest BCUT2D eigenvalue weighted by Gasteiger charge is -2.11. The summed E-state index contributed by atoms with van der Waals surface area (Å²) in [6, 6.07) is 4.77.